The highest BCUT2D eigenvalue weighted by atomic mass is 16.1. The lowest BCUT2D eigenvalue weighted by Gasteiger charge is -2.05. The number of nitrogens with zero attached hydrogens (tertiary/aromatic N) is 2. The number of allylic oxidation sites excluding steroid dienone is 4. The average molecular weight is 298 g/mol. The average Bonchev–Trinajstić information content (AvgIpc) is 2.52. The van der Waals surface area contributed by atoms with Gasteiger partial charge in [0, 0.05) is 19.9 Å². The molecule has 0 aliphatic heterocycles. The van der Waals surface area contributed by atoms with Crippen LogP contribution in [0.1, 0.15) is 51.2 Å². The molecule has 0 saturated heterocycles. The zero-order chi connectivity index (χ0) is 16.4. The molecule has 0 radical (unpaired) electrons. The van der Waals surface area contributed by atoms with Crippen molar-refractivity contribution in [3.8, 4) is 0 Å². The maximum Gasteiger partial charge on any atom is 0.137 e. The van der Waals surface area contributed by atoms with Crippen molar-refractivity contribution in [2.45, 2.75) is 46.5 Å². The lowest BCUT2D eigenvalue weighted by atomic mass is 10.0. The summed E-state index contributed by atoms with van der Waals surface area (Å²) < 4.78 is 0. The Morgan fingerprint density at radius 1 is 1.18 bits per heavy atom. The van der Waals surface area contributed by atoms with Crippen LogP contribution in [0.4, 0.5) is 0 Å². The molecule has 0 fully saturated rings. The van der Waals surface area contributed by atoms with Gasteiger partial charge >= 0.3 is 0 Å². The van der Waals surface area contributed by atoms with Crippen molar-refractivity contribution >= 4 is 11.4 Å². The minimum Gasteiger partial charge on any atom is -0.299 e. The van der Waals surface area contributed by atoms with E-state index in [1.165, 1.54) is 11.1 Å². The van der Waals surface area contributed by atoms with Gasteiger partial charge in [-0.3, -0.25) is 4.79 Å². The lowest BCUT2D eigenvalue weighted by molar-refractivity contribution is -0.118. The molecular formula is C19H26N2O. The maximum atomic E-state index is 12.0. The first-order valence-corrected chi connectivity index (χ1v) is 7.83. The second-order valence-corrected chi connectivity index (χ2v) is 5.29. The highest BCUT2D eigenvalue weighted by Crippen LogP contribution is 2.16. The van der Waals surface area contributed by atoms with Crippen molar-refractivity contribution in [2.24, 2.45) is 10.2 Å². The summed E-state index contributed by atoms with van der Waals surface area (Å²) >= 11 is 0. The summed E-state index contributed by atoms with van der Waals surface area (Å²) in [5.74, 6) is 0.235. The van der Waals surface area contributed by atoms with Gasteiger partial charge in [-0.2, -0.15) is 10.2 Å². The zero-order valence-electron chi connectivity index (χ0n) is 14.1. The third-order valence-electron chi connectivity index (χ3n) is 3.54. The van der Waals surface area contributed by atoms with Crippen LogP contribution in [-0.4, -0.2) is 12.8 Å². The Balaban J connectivity index is 2.57. The van der Waals surface area contributed by atoms with E-state index in [0.717, 1.165) is 17.7 Å². The number of carbonyl (C=O) groups excluding carboxylic acids is 1. The monoisotopic (exact) mass is 298 g/mol. The molecule has 22 heavy (non-hydrogen) atoms. The third kappa shape index (κ3) is 6.17. The summed E-state index contributed by atoms with van der Waals surface area (Å²) in [5, 5.41) is 7.75. The van der Waals surface area contributed by atoms with Crippen molar-refractivity contribution in [3.05, 3.63) is 53.2 Å². The molecule has 1 aromatic rings. The van der Waals surface area contributed by atoms with E-state index < -0.39 is 0 Å². The summed E-state index contributed by atoms with van der Waals surface area (Å²) in [7, 11) is 1.64. The highest BCUT2D eigenvalue weighted by Gasteiger charge is 2.06. The van der Waals surface area contributed by atoms with Gasteiger partial charge in [0.2, 0.25) is 0 Å². The molecule has 0 unspecified atom stereocenters. The van der Waals surface area contributed by atoms with Gasteiger partial charge in [0.15, 0.2) is 0 Å². The molecule has 0 aromatic heterocycles. The molecule has 0 heterocycles. The Morgan fingerprint density at radius 2 is 1.86 bits per heavy atom. The molecular weight excluding hydrogens is 272 g/mol. The summed E-state index contributed by atoms with van der Waals surface area (Å²) in [6.07, 6.45) is 6.79. The van der Waals surface area contributed by atoms with E-state index in [1.807, 2.05) is 25.1 Å². The molecule has 0 saturated carbocycles. The molecule has 0 bridgehead atoms. The van der Waals surface area contributed by atoms with Gasteiger partial charge in [-0.25, -0.2) is 0 Å². The Bertz CT molecular complexity index is 566. The molecule has 0 amide bonds. The number of hydrogen-bond donors (Lipinski definition) is 0. The third-order valence-corrected chi connectivity index (χ3v) is 3.54. The predicted molar refractivity (Wildman–Crippen MR) is 92.9 cm³/mol. The minimum absolute atomic E-state index is 0.235. The Hall–Kier alpha value is -2.03. The number of ketones is 1. The van der Waals surface area contributed by atoms with Gasteiger partial charge in [-0.15, -0.1) is 0 Å². The standard InChI is InChI=1S/C19H26N2O/c1-5-7-15(3)17-10-8-16(9-11-17)14-19(22)13-12-18(6-2)21-20-4/h6-11H,5,12-14H2,1-4H3/b15-7+,18-6-,21-20-. The predicted octanol–water partition coefficient (Wildman–Crippen LogP) is 5.38. The van der Waals surface area contributed by atoms with Gasteiger partial charge in [-0.05, 0) is 43.4 Å². The number of benzene rings is 1. The van der Waals surface area contributed by atoms with Crippen LogP contribution < -0.4 is 0 Å². The van der Waals surface area contributed by atoms with E-state index in [-0.39, 0.29) is 5.78 Å². The summed E-state index contributed by atoms with van der Waals surface area (Å²) in [5.41, 5.74) is 4.43. The van der Waals surface area contributed by atoms with Gasteiger partial charge < -0.3 is 0 Å². The fourth-order valence-electron chi connectivity index (χ4n) is 2.27. The Kier molecular flexibility index (Phi) is 8.05. The first-order valence-electron chi connectivity index (χ1n) is 7.83. The molecule has 0 aliphatic carbocycles. The Labute approximate surface area is 133 Å². The van der Waals surface area contributed by atoms with Crippen molar-refractivity contribution in [1.29, 1.82) is 0 Å². The first-order chi connectivity index (χ1) is 10.6. The normalized spacial score (nSPS) is 12.9. The molecule has 0 N–H and O–H groups in total. The van der Waals surface area contributed by atoms with Crippen LogP contribution in [0.3, 0.4) is 0 Å². The van der Waals surface area contributed by atoms with E-state index in [4.69, 9.17) is 0 Å². The number of rotatable bonds is 8. The van der Waals surface area contributed by atoms with E-state index in [9.17, 15) is 4.79 Å². The zero-order valence-corrected chi connectivity index (χ0v) is 14.1. The molecule has 1 rings (SSSR count). The van der Waals surface area contributed by atoms with Crippen molar-refractivity contribution in [2.75, 3.05) is 7.05 Å². The largest absolute Gasteiger partial charge is 0.299 e. The summed E-state index contributed by atoms with van der Waals surface area (Å²) in [4.78, 5) is 12.0. The topological polar surface area (TPSA) is 41.8 Å². The molecule has 1 aromatic carbocycles. The SMILES string of the molecule is C/C=C(CCC(=O)Cc1ccc(/C(C)=C/CC)cc1)\N=N/C. The maximum absolute atomic E-state index is 12.0. The van der Waals surface area contributed by atoms with Crippen LogP contribution in [0.15, 0.2) is 52.3 Å². The first kappa shape index (κ1) is 18.0. The van der Waals surface area contributed by atoms with Crippen LogP contribution in [-0.2, 0) is 11.2 Å². The van der Waals surface area contributed by atoms with Gasteiger partial charge in [0.05, 0.1) is 5.70 Å². The van der Waals surface area contributed by atoms with E-state index in [0.29, 0.717) is 19.3 Å². The van der Waals surface area contributed by atoms with Crippen molar-refractivity contribution < 1.29 is 4.79 Å². The van der Waals surface area contributed by atoms with Crippen LogP contribution >= 0.6 is 0 Å². The highest BCUT2D eigenvalue weighted by molar-refractivity contribution is 5.81. The van der Waals surface area contributed by atoms with Crippen molar-refractivity contribution in [3.63, 3.8) is 0 Å². The molecule has 118 valence electrons. The number of Topliss-reactive ketones (excluding diaryl/α,β-unsaturated/α-hetero) is 1. The van der Waals surface area contributed by atoms with E-state index in [2.05, 4.69) is 42.3 Å². The number of azo groups is 1. The lowest BCUT2D eigenvalue weighted by Crippen LogP contribution is -2.03. The van der Waals surface area contributed by atoms with E-state index >= 15 is 0 Å². The summed E-state index contributed by atoms with van der Waals surface area (Å²) in [6, 6.07) is 8.27. The smallest absolute Gasteiger partial charge is 0.137 e. The van der Waals surface area contributed by atoms with Crippen LogP contribution in [0.5, 0.6) is 0 Å². The minimum atomic E-state index is 0.235. The second kappa shape index (κ2) is 9.82. The van der Waals surface area contributed by atoms with Crippen LogP contribution in [0.2, 0.25) is 0 Å². The fraction of sp³-hybridized carbons (Fsp3) is 0.421. The van der Waals surface area contributed by atoms with E-state index in [1.54, 1.807) is 7.05 Å². The number of hydrogen-bond acceptors (Lipinski definition) is 3. The van der Waals surface area contributed by atoms with Gasteiger partial charge in [-0.1, -0.05) is 43.3 Å². The summed E-state index contributed by atoms with van der Waals surface area (Å²) in [6.45, 7) is 6.16. The van der Waals surface area contributed by atoms with Gasteiger partial charge in [0.25, 0.3) is 0 Å². The second-order valence-electron chi connectivity index (χ2n) is 5.29. The Morgan fingerprint density at radius 3 is 2.41 bits per heavy atom. The van der Waals surface area contributed by atoms with Gasteiger partial charge in [0.1, 0.15) is 5.78 Å². The van der Waals surface area contributed by atoms with Crippen LogP contribution in [0.25, 0.3) is 5.57 Å². The molecule has 0 atom stereocenters. The number of carbonyl (C=O) groups is 1. The van der Waals surface area contributed by atoms with Crippen molar-refractivity contribution in [1.82, 2.24) is 0 Å². The molecule has 0 spiro atoms. The quantitative estimate of drug-likeness (QED) is 0.594. The van der Waals surface area contributed by atoms with Crippen LogP contribution in [0, 0.1) is 0 Å². The molecule has 0 aliphatic rings. The molecule has 3 heteroatoms. The fourth-order valence-corrected chi connectivity index (χ4v) is 2.27. The molecule has 3 nitrogen and oxygen atoms in total.